The highest BCUT2D eigenvalue weighted by Gasteiger charge is 2.19. The summed E-state index contributed by atoms with van der Waals surface area (Å²) in [4.78, 5) is 11.1. The number of nitrogens with one attached hydrogen (secondary N) is 3. The van der Waals surface area contributed by atoms with Crippen molar-refractivity contribution < 1.29 is 4.79 Å². The summed E-state index contributed by atoms with van der Waals surface area (Å²) in [5, 5.41) is 15.2. The van der Waals surface area contributed by atoms with Gasteiger partial charge in [0.1, 0.15) is 0 Å². The smallest absolute Gasteiger partial charge is 0.221 e. The predicted octanol–water partition coefficient (Wildman–Crippen LogP) is 3.66. The first-order valence-electron chi connectivity index (χ1n) is 8.77. The molecule has 2 heterocycles. The summed E-state index contributed by atoms with van der Waals surface area (Å²) in [6, 6.07) is 14.3. The molecular formula is C20H22N4O. The van der Waals surface area contributed by atoms with Crippen LogP contribution in [0.1, 0.15) is 31.4 Å². The van der Waals surface area contributed by atoms with Crippen LogP contribution in [0.5, 0.6) is 0 Å². The van der Waals surface area contributed by atoms with Gasteiger partial charge in [0.15, 0.2) is 0 Å². The largest absolute Gasteiger partial charge is 0.326 e. The second-order valence-electron chi connectivity index (χ2n) is 6.65. The van der Waals surface area contributed by atoms with Gasteiger partial charge in [0, 0.05) is 29.6 Å². The number of piperidine rings is 1. The topological polar surface area (TPSA) is 69.8 Å². The van der Waals surface area contributed by atoms with Crippen LogP contribution in [0.2, 0.25) is 0 Å². The molecule has 3 aromatic rings. The van der Waals surface area contributed by atoms with E-state index in [0.717, 1.165) is 42.7 Å². The maximum absolute atomic E-state index is 11.1. The molecular weight excluding hydrogens is 312 g/mol. The highest BCUT2D eigenvalue weighted by molar-refractivity contribution is 5.90. The Hall–Kier alpha value is -2.66. The van der Waals surface area contributed by atoms with Crippen LogP contribution in [0, 0.1) is 0 Å². The molecule has 0 aliphatic carbocycles. The molecule has 2 aromatic carbocycles. The molecule has 1 amide bonds. The molecule has 1 saturated heterocycles. The number of aromatic nitrogens is 2. The Morgan fingerprint density at radius 2 is 1.80 bits per heavy atom. The molecule has 4 rings (SSSR count). The van der Waals surface area contributed by atoms with Gasteiger partial charge < -0.3 is 10.6 Å². The number of aromatic amines is 1. The molecule has 0 bridgehead atoms. The summed E-state index contributed by atoms with van der Waals surface area (Å²) < 4.78 is 0. The summed E-state index contributed by atoms with van der Waals surface area (Å²) in [6.07, 6.45) is 2.29. The Kier molecular flexibility index (Phi) is 4.24. The van der Waals surface area contributed by atoms with Crippen molar-refractivity contribution in [2.45, 2.75) is 25.7 Å². The molecule has 5 heteroatoms. The average Bonchev–Trinajstić information content (AvgIpc) is 3.06. The lowest BCUT2D eigenvalue weighted by Gasteiger charge is -2.21. The van der Waals surface area contributed by atoms with Crippen LogP contribution in [0.3, 0.4) is 0 Å². The van der Waals surface area contributed by atoms with Crippen LogP contribution in [-0.2, 0) is 4.79 Å². The molecule has 5 nitrogen and oxygen atoms in total. The number of H-pyrrole nitrogens is 1. The highest BCUT2D eigenvalue weighted by Crippen LogP contribution is 2.32. The SMILES string of the molecule is CC(=O)Nc1ccc(-c2ccc3n[nH]c(C4CCNCC4)c3c2)cc1. The maximum Gasteiger partial charge on any atom is 0.221 e. The lowest BCUT2D eigenvalue weighted by molar-refractivity contribution is -0.114. The Bertz CT molecular complexity index is 892. The van der Waals surface area contributed by atoms with Gasteiger partial charge in [-0.2, -0.15) is 5.10 Å². The third-order valence-corrected chi connectivity index (χ3v) is 4.87. The predicted molar refractivity (Wildman–Crippen MR) is 101 cm³/mol. The second kappa shape index (κ2) is 6.69. The summed E-state index contributed by atoms with van der Waals surface area (Å²) in [5.41, 5.74) is 5.39. The average molecular weight is 334 g/mol. The van der Waals surface area contributed by atoms with Gasteiger partial charge >= 0.3 is 0 Å². The van der Waals surface area contributed by atoms with Crippen molar-refractivity contribution in [3.8, 4) is 11.1 Å². The van der Waals surface area contributed by atoms with E-state index in [1.807, 2.05) is 24.3 Å². The van der Waals surface area contributed by atoms with Crippen LogP contribution in [-0.4, -0.2) is 29.2 Å². The number of carbonyl (C=O) groups excluding carboxylic acids is 1. The Morgan fingerprint density at radius 1 is 1.08 bits per heavy atom. The molecule has 1 aliphatic rings. The zero-order valence-electron chi connectivity index (χ0n) is 14.3. The van der Waals surface area contributed by atoms with E-state index in [-0.39, 0.29) is 5.91 Å². The van der Waals surface area contributed by atoms with Gasteiger partial charge in [-0.05, 0) is 61.3 Å². The van der Waals surface area contributed by atoms with Gasteiger partial charge in [0.2, 0.25) is 5.91 Å². The van der Waals surface area contributed by atoms with E-state index >= 15 is 0 Å². The minimum atomic E-state index is -0.0563. The van der Waals surface area contributed by atoms with E-state index in [4.69, 9.17) is 0 Å². The molecule has 0 radical (unpaired) electrons. The Labute approximate surface area is 146 Å². The fourth-order valence-electron chi connectivity index (χ4n) is 3.58. The van der Waals surface area contributed by atoms with Crippen LogP contribution in [0.15, 0.2) is 42.5 Å². The first-order chi connectivity index (χ1) is 12.2. The van der Waals surface area contributed by atoms with E-state index < -0.39 is 0 Å². The van der Waals surface area contributed by atoms with Gasteiger partial charge in [-0.3, -0.25) is 9.89 Å². The number of fused-ring (bicyclic) bond motifs is 1. The van der Waals surface area contributed by atoms with Crippen LogP contribution >= 0.6 is 0 Å². The maximum atomic E-state index is 11.1. The lowest BCUT2D eigenvalue weighted by Crippen LogP contribution is -2.26. The van der Waals surface area contributed by atoms with Crippen molar-refractivity contribution in [2.75, 3.05) is 18.4 Å². The second-order valence-corrected chi connectivity index (χ2v) is 6.65. The highest BCUT2D eigenvalue weighted by atomic mass is 16.1. The van der Waals surface area contributed by atoms with Crippen molar-refractivity contribution in [3.05, 3.63) is 48.2 Å². The summed E-state index contributed by atoms with van der Waals surface area (Å²) in [7, 11) is 0. The van der Waals surface area contributed by atoms with E-state index in [1.54, 1.807) is 0 Å². The molecule has 128 valence electrons. The number of rotatable bonds is 3. The molecule has 3 N–H and O–H groups in total. The first kappa shape index (κ1) is 15.8. The summed E-state index contributed by atoms with van der Waals surface area (Å²) in [5.74, 6) is 0.489. The molecule has 0 unspecified atom stereocenters. The third kappa shape index (κ3) is 3.28. The minimum Gasteiger partial charge on any atom is -0.326 e. The normalized spacial score (nSPS) is 15.4. The summed E-state index contributed by atoms with van der Waals surface area (Å²) >= 11 is 0. The Morgan fingerprint density at radius 3 is 2.52 bits per heavy atom. The minimum absolute atomic E-state index is 0.0563. The molecule has 1 aromatic heterocycles. The van der Waals surface area contributed by atoms with Crippen molar-refractivity contribution in [3.63, 3.8) is 0 Å². The van der Waals surface area contributed by atoms with E-state index in [2.05, 4.69) is 39.0 Å². The van der Waals surface area contributed by atoms with Gasteiger partial charge in [0.25, 0.3) is 0 Å². The van der Waals surface area contributed by atoms with Gasteiger partial charge in [0.05, 0.1) is 5.52 Å². The molecule has 1 aliphatic heterocycles. The quantitative estimate of drug-likeness (QED) is 0.685. The zero-order chi connectivity index (χ0) is 17.2. The standard InChI is InChI=1S/C20H22N4O/c1-13(25)22-17-5-2-14(3-6-17)16-4-7-19-18(12-16)20(24-23-19)15-8-10-21-11-9-15/h2-7,12,15,21H,8-11H2,1H3,(H,22,25)(H,23,24). The van der Waals surface area contributed by atoms with Crippen LogP contribution in [0.4, 0.5) is 5.69 Å². The van der Waals surface area contributed by atoms with Crippen molar-refractivity contribution in [1.29, 1.82) is 0 Å². The number of hydrogen-bond donors (Lipinski definition) is 3. The molecule has 1 fully saturated rings. The molecule has 0 spiro atoms. The first-order valence-corrected chi connectivity index (χ1v) is 8.77. The number of nitrogens with zero attached hydrogens (tertiary/aromatic N) is 1. The van der Waals surface area contributed by atoms with Gasteiger partial charge in [-0.15, -0.1) is 0 Å². The zero-order valence-corrected chi connectivity index (χ0v) is 14.3. The van der Waals surface area contributed by atoms with Crippen molar-refractivity contribution in [1.82, 2.24) is 15.5 Å². The molecule has 0 atom stereocenters. The number of hydrogen-bond acceptors (Lipinski definition) is 3. The van der Waals surface area contributed by atoms with Crippen LogP contribution < -0.4 is 10.6 Å². The lowest BCUT2D eigenvalue weighted by atomic mass is 9.91. The number of carbonyl (C=O) groups is 1. The van der Waals surface area contributed by atoms with Crippen molar-refractivity contribution in [2.24, 2.45) is 0 Å². The van der Waals surface area contributed by atoms with Crippen molar-refractivity contribution >= 4 is 22.5 Å². The van der Waals surface area contributed by atoms with Crippen LogP contribution in [0.25, 0.3) is 22.0 Å². The fourth-order valence-corrected chi connectivity index (χ4v) is 3.58. The van der Waals surface area contributed by atoms with E-state index in [1.165, 1.54) is 23.6 Å². The number of amides is 1. The Balaban J connectivity index is 1.67. The van der Waals surface area contributed by atoms with Gasteiger partial charge in [-0.1, -0.05) is 18.2 Å². The van der Waals surface area contributed by atoms with E-state index in [9.17, 15) is 4.79 Å². The summed E-state index contributed by atoms with van der Waals surface area (Å²) in [6.45, 7) is 3.65. The molecule has 0 saturated carbocycles. The molecule has 25 heavy (non-hydrogen) atoms. The van der Waals surface area contributed by atoms with Gasteiger partial charge in [-0.25, -0.2) is 0 Å². The monoisotopic (exact) mass is 334 g/mol. The third-order valence-electron chi connectivity index (χ3n) is 4.87. The number of anilines is 1. The fraction of sp³-hybridized carbons (Fsp3) is 0.300. The van der Waals surface area contributed by atoms with E-state index in [0.29, 0.717) is 5.92 Å². The number of benzene rings is 2.